The first-order valence-corrected chi connectivity index (χ1v) is 5.39. The van der Waals surface area contributed by atoms with Crippen LogP contribution in [-0.4, -0.2) is 16.5 Å². The number of aromatic nitrogens is 2. The summed E-state index contributed by atoms with van der Waals surface area (Å²) in [7, 11) is 0. The molecular formula is C12H14N4O. The van der Waals surface area contributed by atoms with Gasteiger partial charge in [-0.05, 0) is 30.7 Å². The highest BCUT2D eigenvalue weighted by atomic mass is 16.1. The number of nitrogens with zero attached hydrogens (tertiary/aromatic N) is 1. The Hall–Kier alpha value is -2.14. The lowest BCUT2D eigenvalue weighted by molar-refractivity contribution is 0.969. The summed E-state index contributed by atoms with van der Waals surface area (Å²) in [6, 6.07) is 7.98. The highest BCUT2D eigenvalue weighted by molar-refractivity contribution is 5.57. The maximum absolute atomic E-state index is 10.8. The zero-order valence-corrected chi connectivity index (χ0v) is 9.31. The number of hydrogen-bond donors (Lipinski definition) is 3. The molecule has 5 heteroatoms. The summed E-state index contributed by atoms with van der Waals surface area (Å²) < 4.78 is 0. The van der Waals surface area contributed by atoms with Crippen molar-refractivity contribution in [2.24, 2.45) is 5.73 Å². The lowest BCUT2D eigenvalue weighted by atomic mass is 10.1. The predicted octanol–water partition coefficient (Wildman–Crippen LogP) is 1.01. The summed E-state index contributed by atoms with van der Waals surface area (Å²) in [4.78, 5) is 16.9. The molecule has 0 amide bonds. The maximum atomic E-state index is 10.8. The van der Waals surface area contributed by atoms with Gasteiger partial charge in [-0.25, -0.2) is 4.79 Å². The second-order valence-corrected chi connectivity index (χ2v) is 3.67. The first-order chi connectivity index (χ1) is 8.28. The third-order valence-electron chi connectivity index (χ3n) is 2.35. The Morgan fingerprint density at radius 3 is 2.59 bits per heavy atom. The molecule has 4 N–H and O–H groups in total. The largest absolute Gasteiger partial charge is 0.353 e. The van der Waals surface area contributed by atoms with Crippen LogP contribution in [0.1, 0.15) is 5.56 Å². The van der Waals surface area contributed by atoms with Crippen molar-refractivity contribution in [1.29, 1.82) is 0 Å². The standard InChI is InChI=1S/C12H14N4O/c13-6-5-9-1-3-10(4-2-9)16-11-7-14-12(17)15-8-11/h1-4,7-8,16H,5-6,13H2,(H,14,15,17). The summed E-state index contributed by atoms with van der Waals surface area (Å²) in [6.45, 7) is 0.649. The molecule has 5 nitrogen and oxygen atoms in total. The summed E-state index contributed by atoms with van der Waals surface area (Å²) in [5, 5.41) is 3.14. The molecule has 0 saturated heterocycles. The summed E-state index contributed by atoms with van der Waals surface area (Å²) in [6.07, 6.45) is 3.95. The first-order valence-electron chi connectivity index (χ1n) is 5.39. The minimum atomic E-state index is -0.353. The second kappa shape index (κ2) is 5.27. The van der Waals surface area contributed by atoms with Crippen LogP contribution < -0.4 is 16.7 Å². The molecule has 1 heterocycles. The molecule has 0 aliphatic rings. The quantitative estimate of drug-likeness (QED) is 0.732. The molecule has 0 aliphatic carbocycles. The van der Waals surface area contributed by atoms with Crippen LogP contribution in [0.5, 0.6) is 0 Å². The molecule has 88 valence electrons. The fourth-order valence-corrected chi connectivity index (χ4v) is 1.50. The smallest absolute Gasteiger partial charge is 0.345 e. The van der Waals surface area contributed by atoms with E-state index in [0.717, 1.165) is 17.8 Å². The lowest BCUT2D eigenvalue weighted by Gasteiger charge is -2.06. The number of rotatable bonds is 4. The Bertz CT molecular complexity index is 512. The van der Waals surface area contributed by atoms with Gasteiger partial charge >= 0.3 is 5.69 Å². The molecule has 0 fully saturated rings. The van der Waals surface area contributed by atoms with Gasteiger partial charge in [-0.2, -0.15) is 4.98 Å². The van der Waals surface area contributed by atoms with Gasteiger partial charge in [0.2, 0.25) is 0 Å². The number of aromatic amines is 1. The van der Waals surface area contributed by atoms with Crippen LogP contribution in [0, 0.1) is 0 Å². The van der Waals surface area contributed by atoms with Crippen molar-refractivity contribution >= 4 is 11.4 Å². The molecule has 2 aromatic rings. The van der Waals surface area contributed by atoms with Crippen LogP contribution in [-0.2, 0) is 6.42 Å². The van der Waals surface area contributed by atoms with E-state index >= 15 is 0 Å². The molecule has 2 rings (SSSR count). The van der Waals surface area contributed by atoms with Crippen molar-refractivity contribution < 1.29 is 0 Å². The lowest BCUT2D eigenvalue weighted by Crippen LogP contribution is -2.08. The van der Waals surface area contributed by atoms with Crippen LogP contribution in [0.25, 0.3) is 0 Å². The average molecular weight is 230 g/mol. The van der Waals surface area contributed by atoms with Gasteiger partial charge in [-0.3, -0.25) is 0 Å². The summed E-state index contributed by atoms with van der Waals surface area (Å²) in [5.74, 6) is 0. The second-order valence-electron chi connectivity index (χ2n) is 3.67. The molecule has 0 unspecified atom stereocenters. The number of hydrogen-bond acceptors (Lipinski definition) is 4. The van der Waals surface area contributed by atoms with E-state index in [0.29, 0.717) is 6.54 Å². The van der Waals surface area contributed by atoms with Crippen molar-refractivity contribution in [3.05, 3.63) is 52.7 Å². The Morgan fingerprint density at radius 1 is 1.24 bits per heavy atom. The normalized spacial score (nSPS) is 10.2. The topological polar surface area (TPSA) is 83.8 Å². The number of nitrogens with one attached hydrogen (secondary N) is 2. The zero-order valence-electron chi connectivity index (χ0n) is 9.31. The van der Waals surface area contributed by atoms with Crippen LogP contribution in [0.15, 0.2) is 41.5 Å². The van der Waals surface area contributed by atoms with Crippen molar-refractivity contribution in [1.82, 2.24) is 9.97 Å². The molecule has 0 bridgehead atoms. The van der Waals surface area contributed by atoms with E-state index in [1.165, 1.54) is 11.8 Å². The van der Waals surface area contributed by atoms with Crippen LogP contribution in [0.2, 0.25) is 0 Å². The summed E-state index contributed by atoms with van der Waals surface area (Å²) >= 11 is 0. The number of H-pyrrole nitrogens is 1. The zero-order chi connectivity index (χ0) is 12.1. The van der Waals surface area contributed by atoms with Gasteiger partial charge in [0, 0.05) is 11.9 Å². The molecule has 0 atom stereocenters. The van der Waals surface area contributed by atoms with E-state index in [1.54, 1.807) is 6.20 Å². The van der Waals surface area contributed by atoms with Gasteiger partial charge in [0.05, 0.1) is 11.9 Å². The monoisotopic (exact) mass is 230 g/mol. The van der Waals surface area contributed by atoms with Crippen LogP contribution in [0.3, 0.4) is 0 Å². The number of anilines is 2. The van der Waals surface area contributed by atoms with Gasteiger partial charge in [0.15, 0.2) is 0 Å². The molecule has 0 spiro atoms. The molecule has 1 aromatic heterocycles. The van der Waals surface area contributed by atoms with E-state index < -0.39 is 0 Å². The Balaban J connectivity index is 2.08. The van der Waals surface area contributed by atoms with E-state index in [4.69, 9.17) is 5.73 Å². The molecular weight excluding hydrogens is 216 g/mol. The van der Waals surface area contributed by atoms with Crippen molar-refractivity contribution in [2.75, 3.05) is 11.9 Å². The number of nitrogens with two attached hydrogens (primary N) is 1. The van der Waals surface area contributed by atoms with E-state index in [9.17, 15) is 4.79 Å². The van der Waals surface area contributed by atoms with E-state index in [2.05, 4.69) is 15.3 Å². The van der Waals surface area contributed by atoms with E-state index in [-0.39, 0.29) is 5.69 Å². The predicted molar refractivity (Wildman–Crippen MR) is 67.3 cm³/mol. The Kier molecular flexibility index (Phi) is 3.52. The highest BCUT2D eigenvalue weighted by Crippen LogP contribution is 2.14. The third-order valence-corrected chi connectivity index (χ3v) is 2.35. The Morgan fingerprint density at radius 2 is 2.00 bits per heavy atom. The van der Waals surface area contributed by atoms with Crippen molar-refractivity contribution in [3.8, 4) is 0 Å². The first kappa shape index (κ1) is 11.3. The maximum Gasteiger partial charge on any atom is 0.345 e. The minimum Gasteiger partial charge on any atom is -0.353 e. The molecule has 17 heavy (non-hydrogen) atoms. The van der Waals surface area contributed by atoms with Gasteiger partial charge in [0.1, 0.15) is 0 Å². The summed E-state index contributed by atoms with van der Waals surface area (Å²) in [5.41, 5.74) is 8.02. The van der Waals surface area contributed by atoms with Crippen LogP contribution in [0.4, 0.5) is 11.4 Å². The molecule has 0 saturated carbocycles. The fourth-order valence-electron chi connectivity index (χ4n) is 1.50. The van der Waals surface area contributed by atoms with Crippen LogP contribution >= 0.6 is 0 Å². The minimum absolute atomic E-state index is 0.353. The van der Waals surface area contributed by atoms with Gasteiger partial charge in [0.25, 0.3) is 0 Å². The highest BCUT2D eigenvalue weighted by Gasteiger charge is 1.96. The third kappa shape index (κ3) is 3.15. The Labute approximate surface area is 98.7 Å². The van der Waals surface area contributed by atoms with E-state index in [1.807, 2.05) is 24.3 Å². The van der Waals surface area contributed by atoms with Crippen molar-refractivity contribution in [3.63, 3.8) is 0 Å². The van der Waals surface area contributed by atoms with Gasteiger partial charge in [-0.15, -0.1) is 0 Å². The van der Waals surface area contributed by atoms with Gasteiger partial charge < -0.3 is 16.0 Å². The number of benzene rings is 1. The van der Waals surface area contributed by atoms with Crippen molar-refractivity contribution in [2.45, 2.75) is 6.42 Å². The van der Waals surface area contributed by atoms with Gasteiger partial charge in [-0.1, -0.05) is 12.1 Å². The molecule has 0 aliphatic heterocycles. The molecule has 1 aromatic carbocycles. The average Bonchev–Trinajstić information content (AvgIpc) is 2.35. The molecule has 0 radical (unpaired) electrons. The SMILES string of the molecule is NCCc1ccc(Nc2cnc(=O)[nH]c2)cc1. The fraction of sp³-hybridized carbons (Fsp3) is 0.167.